The van der Waals surface area contributed by atoms with Crippen molar-refractivity contribution in [2.24, 2.45) is 0 Å². The third kappa shape index (κ3) is 4.57. The second kappa shape index (κ2) is 7.62. The Balaban J connectivity index is 2.35. The Morgan fingerprint density at radius 1 is 0.640 bits per heavy atom. The zero-order valence-electron chi connectivity index (χ0n) is 13.0. The molecule has 2 aromatic heterocycles. The molecule has 2 aromatic rings. The van der Waals surface area contributed by atoms with Crippen molar-refractivity contribution in [3.8, 4) is 0 Å². The highest BCUT2D eigenvalue weighted by atomic mass is 16.1. The highest BCUT2D eigenvalue weighted by Crippen LogP contribution is 2.14. The minimum Gasteiger partial charge on any atom is -0.368 e. The summed E-state index contributed by atoms with van der Waals surface area (Å²) in [4.78, 5) is 47.8. The molecular formula is C11H16N12O2. The molecule has 0 saturated carbocycles. The Morgan fingerprint density at radius 3 is 1.24 bits per heavy atom. The summed E-state index contributed by atoms with van der Waals surface area (Å²) in [5.74, 6) is -0.378. The molecule has 0 spiro atoms. The van der Waals surface area contributed by atoms with Crippen LogP contribution in [0.1, 0.15) is 0 Å². The van der Waals surface area contributed by atoms with E-state index < -0.39 is 0 Å². The molecule has 25 heavy (non-hydrogen) atoms. The van der Waals surface area contributed by atoms with Crippen LogP contribution in [0.5, 0.6) is 0 Å². The zero-order valence-corrected chi connectivity index (χ0v) is 13.0. The topological polar surface area (TPSA) is 222 Å². The fraction of sp³-hybridized carbons (Fsp3) is 0.273. The number of carbonyl (C=O) groups excluding carboxylic acids is 2. The highest BCUT2D eigenvalue weighted by Gasteiger charge is 2.19. The van der Waals surface area contributed by atoms with Gasteiger partial charge in [0, 0.05) is 0 Å². The fourth-order valence-corrected chi connectivity index (χ4v) is 1.87. The maximum absolute atomic E-state index is 11.0. The third-order valence-electron chi connectivity index (χ3n) is 2.81. The van der Waals surface area contributed by atoms with Crippen LogP contribution in [0, 0.1) is 0 Å². The minimum absolute atomic E-state index is 0.0444. The molecule has 0 aliphatic heterocycles. The van der Waals surface area contributed by atoms with E-state index in [1.807, 2.05) is 0 Å². The average molecular weight is 348 g/mol. The zero-order chi connectivity index (χ0) is 18.4. The molecule has 0 radical (unpaired) electrons. The van der Waals surface area contributed by atoms with Crippen LogP contribution in [0.3, 0.4) is 0 Å². The van der Waals surface area contributed by atoms with Gasteiger partial charge in [-0.15, -0.1) is 0 Å². The maximum atomic E-state index is 11.0. The van der Waals surface area contributed by atoms with Crippen LogP contribution in [-0.4, -0.2) is 62.2 Å². The van der Waals surface area contributed by atoms with Crippen molar-refractivity contribution in [3.05, 3.63) is 0 Å². The molecule has 0 aliphatic rings. The van der Waals surface area contributed by atoms with Crippen LogP contribution >= 0.6 is 0 Å². The van der Waals surface area contributed by atoms with E-state index in [1.165, 1.54) is 9.80 Å². The molecule has 0 unspecified atom stereocenters. The summed E-state index contributed by atoms with van der Waals surface area (Å²) in [6, 6.07) is 0. The summed E-state index contributed by atoms with van der Waals surface area (Å²) < 4.78 is 0. The Labute approximate surface area is 141 Å². The SMILES string of the molecule is Nc1nc(N)nc(N(CC=O)CN(CC=O)c2nc(N)nc(N)n2)n1. The van der Waals surface area contributed by atoms with E-state index in [0.717, 1.165) is 0 Å². The Bertz CT molecular complexity index is 665. The van der Waals surface area contributed by atoms with E-state index in [0.29, 0.717) is 12.6 Å². The number of nitrogens with two attached hydrogens (primary N) is 4. The van der Waals surface area contributed by atoms with Crippen LogP contribution in [0.15, 0.2) is 0 Å². The van der Waals surface area contributed by atoms with Crippen molar-refractivity contribution in [1.82, 2.24) is 29.9 Å². The van der Waals surface area contributed by atoms with E-state index in [-0.39, 0.29) is 55.4 Å². The number of hydrogen-bond acceptors (Lipinski definition) is 14. The van der Waals surface area contributed by atoms with Gasteiger partial charge in [0.25, 0.3) is 0 Å². The Morgan fingerprint density at radius 2 is 0.960 bits per heavy atom. The first-order chi connectivity index (χ1) is 11.9. The van der Waals surface area contributed by atoms with Crippen molar-refractivity contribution in [2.75, 3.05) is 52.5 Å². The van der Waals surface area contributed by atoms with E-state index >= 15 is 0 Å². The second-order valence-corrected chi connectivity index (χ2v) is 4.62. The standard InChI is InChI=1S/C11H16N12O2/c12-6-16-7(13)19-10(18-6)22(1-3-24)5-23(2-4-25)11-20-8(14)17-9(15)21-11/h3-4H,1-2,5H2,(H4,12,13,16,18,19)(H4,14,15,17,20,21). The van der Waals surface area contributed by atoms with E-state index in [1.54, 1.807) is 0 Å². The number of nitrogens with zero attached hydrogens (tertiary/aromatic N) is 8. The van der Waals surface area contributed by atoms with Crippen molar-refractivity contribution < 1.29 is 9.59 Å². The van der Waals surface area contributed by atoms with Gasteiger partial charge in [-0.05, 0) is 0 Å². The first-order valence-electron chi connectivity index (χ1n) is 6.84. The number of nitrogen functional groups attached to an aromatic ring is 4. The van der Waals surface area contributed by atoms with Gasteiger partial charge in [-0.25, -0.2) is 0 Å². The molecule has 0 amide bonds. The number of hydrogen-bond donors (Lipinski definition) is 4. The quantitative estimate of drug-likeness (QED) is 0.276. The predicted molar refractivity (Wildman–Crippen MR) is 89.0 cm³/mol. The normalized spacial score (nSPS) is 10.2. The van der Waals surface area contributed by atoms with Gasteiger partial charge >= 0.3 is 0 Å². The summed E-state index contributed by atoms with van der Waals surface area (Å²) in [7, 11) is 0. The lowest BCUT2D eigenvalue weighted by molar-refractivity contribution is -0.107. The van der Waals surface area contributed by atoms with Crippen molar-refractivity contribution >= 4 is 48.3 Å². The highest BCUT2D eigenvalue weighted by molar-refractivity contribution is 5.62. The van der Waals surface area contributed by atoms with Crippen LogP contribution in [0.2, 0.25) is 0 Å². The van der Waals surface area contributed by atoms with Gasteiger partial charge in [-0.3, -0.25) is 0 Å². The van der Waals surface area contributed by atoms with Crippen LogP contribution in [0.25, 0.3) is 0 Å². The van der Waals surface area contributed by atoms with E-state index in [9.17, 15) is 9.59 Å². The summed E-state index contributed by atoms with van der Waals surface area (Å²) >= 11 is 0. The van der Waals surface area contributed by atoms with Gasteiger partial charge in [0.05, 0.1) is 19.8 Å². The number of aromatic nitrogens is 6. The molecule has 0 fully saturated rings. The molecule has 0 saturated heterocycles. The molecule has 0 aliphatic carbocycles. The molecule has 14 nitrogen and oxygen atoms in total. The molecular weight excluding hydrogens is 332 g/mol. The first kappa shape index (κ1) is 17.5. The second-order valence-electron chi connectivity index (χ2n) is 4.62. The lowest BCUT2D eigenvalue weighted by Crippen LogP contribution is -2.42. The van der Waals surface area contributed by atoms with Gasteiger partial charge < -0.3 is 42.3 Å². The third-order valence-corrected chi connectivity index (χ3v) is 2.81. The van der Waals surface area contributed by atoms with Gasteiger partial charge in [0.15, 0.2) is 0 Å². The van der Waals surface area contributed by atoms with Gasteiger partial charge in [-0.1, -0.05) is 0 Å². The smallest absolute Gasteiger partial charge is 0.233 e. The lowest BCUT2D eigenvalue weighted by Gasteiger charge is -2.28. The molecule has 132 valence electrons. The number of anilines is 6. The first-order valence-corrected chi connectivity index (χ1v) is 6.84. The van der Waals surface area contributed by atoms with Gasteiger partial charge in [0.1, 0.15) is 12.6 Å². The summed E-state index contributed by atoms with van der Waals surface area (Å²) in [5.41, 5.74) is 22.2. The molecule has 8 N–H and O–H groups in total. The molecule has 0 aromatic carbocycles. The monoisotopic (exact) mass is 348 g/mol. The van der Waals surface area contributed by atoms with Crippen LogP contribution < -0.4 is 32.7 Å². The average Bonchev–Trinajstić information content (AvgIpc) is 2.52. The minimum atomic E-state index is -0.117. The van der Waals surface area contributed by atoms with Crippen LogP contribution in [0.4, 0.5) is 35.7 Å². The van der Waals surface area contributed by atoms with Crippen molar-refractivity contribution in [3.63, 3.8) is 0 Å². The van der Waals surface area contributed by atoms with Crippen molar-refractivity contribution in [2.45, 2.75) is 0 Å². The van der Waals surface area contributed by atoms with E-state index in [4.69, 9.17) is 22.9 Å². The molecule has 2 rings (SSSR count). The summed E-state index contributed by atoms with van der Waals surface area (Å²) in [6.45, 7) is -0.286. The number of carbonyl (C=O) groups is 2. The van der Waals surface area contributed by atoms with E-state index in [2.05, 4.69) is 29.9 Å². The van der Waals surface area contributed by atoms with Gasteiger partial charge in [0.2, 0.25) is 35.7 Å². The van der Waals surface area contributed by atoms with Crippen molar-refractivity contribution in [1.29, 1.82) is 0 Å². The predicted octanol–water partition coefficient (Wildman–Crippen LogP) is -2.95. The summed E-state index contributed by atoms with van der Waals surface area (Å²) in [5, 5.41) is 0. The number of rotatable bonds is 8. The largest absolute Gasteiger partial charge is 0.368 e. The van der Waals surface area contributed by atoms with Gasteiger partial charge in [-0.2, -0.15) is 29.9 Å². The Hall–Kier alpha value is -3.84. The summed E-state index contributed by atoms with van der Waals surface area (Å²) in [6.07, 6.45) is 1.23. The Kier molecular flexibility index (Phi) is 5.34. The molecule has 0 bridgehead atoms. The fourth-order valence-electron chi connectivity index (χ4n) is 1.87. The molecule has 0 atom stereocenters. The maximum Gasteiger partial charge on any atom is 0.233 e. The van der Waals surface area contributed by atoms with Crippen LogP contribution in [-0.2, 0) is 9.59 Å². The molecule has 2 heterocycles. The molecule has 14 heteroatoms. The lowest BCUT2D eigenvalue weighted by atomic mass is 10.5. The number of aldehydes is 2.